The van der Waals surface area contributed by atoms with E-state index in [1.165, 1.54) is 0 Å². The van der Waals surface area contributed by atoms with Gasteiger partial charge >= 0.3 is 0 Å². The molecule has 0 bridgehead atoms. The summed E-state index contributed by atoms with van der Waals surface area (Å²) in [5.74, 6) is 0.132. The van der Waals surface area contributed by atoms with Gasteiger partial charge in [0.1, 0.15) is 0 Å². The summed E-state index contributed by atoms with van der Waals surface area (Å²) in [4.78, 5) is 0. The minimum Gasteiger partial charge on any atom is -0.409 e. The van der Waals surface area contributed by atoms with Crippen LogP contribution in [0.15, 0.2) is 29.4 Å². The van der Waals surface area contributed by atoms with Crippen molar-refractivity contribution in [1.82, 2.24) is 5.32 Å². The van der Waals surface area contributed by atoms with Crippen molar-refractivity contribution in [2.75, 3.05) is 19.8 Å². The average molecular weight is 237 g/mol. The second-order valence-electron chi connectivity index (χ2n) is 3.52. The second-order valence-corrected chi connectivity index (χ2v) is 3.52. The molecular weight excluding hydrogens is 218 g/mol. The van der Waals surface area contributed by atoms with Gasteiger partial charge in [-0.1, -0.05) is 29.4 Å². The van der Waals surface area contributed by atoms with E-state index in [-0.39, 0.29) is 5.84 Å². The molecule has 17 heavy (non-hydrogen) atoms. The highest BCUT2D eigenvalue weighted by Gasteiger charge is 2.05. The monoisotopic (exact) mass is 237 g/mol. The fourth-order valence-electron chi connectivity index (χ4n) is 1.49. The second kappa shape index (κ2) is 7.65. The summed E-state index contributed by atoms with van der Waals surface area (Å²) in [5.41, 5.74) is 7.34. The zero-order valence-electron chi connectivity index (χ0n) is 10.0. The molecule has 0 saturated carbocycles. The molecule has 0 heterocycles. The third-order valence-corrected chi connectivity index (χ3v) is 2.34. The molecule has 0 aliphatic carbocycles. The van der Waals surface area contributed by atoms with Gasteiger partial charge in [0.05, 0.1) is 6.61 Å². The van der Waals surface area contributed by atoms with E-state index in [0.29, 0.717) is 13.2 Å². The van der Waals surface area contributed by atoms with Crippen LogP contribution in [-0.2, 0) is 11.3 Å². The molecule has 1 rings (SSSR count). The molecule has 5 nitrogen and oxygen atoms in total. The highest BCUT2D eigenvalue weighted by Crippen LogP contribution is 2.07. The lowest BCUT2D eigenvalue weighted by Crippen LogP contribution is -2.22. The van der Waals surface area contributed by atoms with Gasteiger partial charge in [0.2, 0.25) is 0 Å². The molecule has 1 aromatic carbocycles. The Labute approximate surface area is 101 Å². The van der Waals surface area contributed by atoms with Crippen molar-refractivity contribution in [3.8, 4) is 0 Å². The fourth-order valence-corrected chi connectivity index (χ4v) is 1.49. The Morgan fingerprint density at radius 2 is 2.24 bits per heavy atom. The summed E-state index contributed by atoms with van der Waals surface area (Å²) in [6.07, 6.45) is 0. The lowest BCUT2D eigenvalue weighted by atomic mass is 10.1. The molecule has 5 heteroatoms. The van der Waals surface area contributed by atoms with Crippen LogP contribution in [0.2, 0.25) is 0 Å². The summed E-state index contributed by atoms with van der Waals surface area (Å²) in [7, 11) is 0. The third-order valence-electron chi connectivity index (χ3n) is 2.34. The van der Waals surface area contributed by atoms with Crippen LogP contribution in [0.25, 0.3) is 0 Å². The lowest BCUT2D eigenvalue weighted by molar-refractivity contribution is 0.149. The molecule has 94 valence electrons. The number of ether oxygens (including phenoxy) is 1. The largest absolute Gasteiger partial charge is 0.409 e. The first-order valence-electron chi connectivity index (χ1n) is 5.63. The first-order chi connectivity index (χ1) is 8.29. The number of nitrogens with one attached hydrogen (secondary N) is 1. The van der Waals surface area contributed by atoms with Crippen molar-refractivity contribution in [1.29, 1.82) is 0 Å². The van der Waals surface area contributed by atoms with Crippen LogP contribution in [0.3, 0.4) is 0 Å². The van der Waals surface area contributed by atoms with Gasteiger partial charge in [-0.05, 0) is 12.5 Å². The van der Waals surface area contributed by atoms with Crippen molar-refractivity contribution < 1.29 is 9.94 Å². The van der Waals surface area contributed by atoms with Crippen molar-refractivity contribution in [3.63, 3.8) is 0 Å². The number of nitrogens with two attached hydrogens (primary N) is 1. The van der Waals surface area contributed by atoms with E-state index in [1.807, 2.05) is 31.2 Å². The first kappa shape index (κ1) is 13.5. The van der Waals surface area contributed by atoms with Gasteiger partial charge in [-0.25, -0.2) is 0 Å². The molecule has 0 radical (unpaired) electrons. The fraction of sp³-hybridized carbons (Fsp3) is 0.417. The summed E-state index contributed by atoms with van der Waals surface area (Å²) in [5, 5.41) is 14.9. The van der Waals surface area contributed by atoms with Crippen LogP contribution in [0, 0.1) is 0 Å². The quantitative estimate of drug-likeness (QED) is 0.216. The standard InChI is InChI=1S/C12H19N3O2/c1-2-17-8-7-14-9-10-5-3-4-6-11(10)12(13)15-16/h3-6,14,16H,2,7-9H2,1H3,(H2,13,15). The Kier molecular flexibility index (Phi) is 6.06. The maximum atomic E-state index is 8.68. The van der Waals surface area contributed by atoms with E-state index >= 15 is 0 Å². The summed E-state index contributed by atoms with van der Waals surface area (Å²) in [6.45, 7) is 4.82. The highest BCUT2D eigenvalue weighted by atomic mass is 16.5. The van der Waals surface area contributed by atoms with E-state index in [9.17, 15) is 0 Å². The van der Waals surface area contributed by atoms with Crippen LogP contribution in [0.4, 0.5) is 0 Å². The molecule has 0 aromatic heterocycles. The van der Waals surface area contributed by atoms with Crippen molar-refractivity contribution in [2.24, 2.45) is 10.9 Å². The molecule has 0 saturated heterocycles. The maximum Gasteiger partial charge on any atom is 0.170 e. The molecule has 1 aromatic rings. The number of nitrogens with zero attached hydrogens (tertiary/aromatic N) is 1. The first-order valence-corrected chi connectivity index (χ1v) is 5.63. The number of rotatable bonds is 7. The molecule has 0 aliphatic heterocycles. The summed E-state index contributed by atoms with van der Waals surface area (Å²) >= 11 is 0. The van der Waals surface area contributed by atoms with Crippen LogP contribution >= 0.6 is 0 Å². The zero-order valence-corrected chi connectivity index (χ0v) is 10.0. The maximum absolute atomic E-state index is 8.68. The molecule has 0 fully saturated rings. The van der Waals surface area contributed by atoms with Crippen LogP contribution in [0.5, 0.6) is 0 Å². The minimum atomic E-state index is 0.132. The number of benzene rings is 1. The Bertz CT molecular complexity index is 367. The van der Waals surface area contributed by atoms with E-state index in [1.54, 1.807) is 0 Å². The number of hydrogen-bond donors (Lipinski definition) is 3. The summed E-state index contributed by atoms with van der Waals surface area (Å²) < 4.78 is 5.22. The Morgan fingerprint density at radius 1 is 1.47 bits per heavy atom. The number of oxime groups is 1. The van der Waals surface area contributed by atoms with Gasteiger partial charge in [-0.3, -0.25) is 0 Å². The Balaban J connectivity index is 2.53. The smallest absolute Gasteiger partial charge is 0.170 e. The van der Waals surface area contributed by atoms with Gasteiger partial charge < -0.3 is 21.0 Å². The molecule has 0 amide bonds. The van der Waals surface area contributed by atoms with Gasteiger partial charge in [0, 0.05) is 25.3 Å². The van der Waals surface area contributed by atoms with Crippen molar-refractivity contribution >= 4 is 5.84 Å². The Hall–Kier alpha value is -1.59. The van der Waals surface area contributed by atoms with E-state index in [4.69, 9.17) is 15.7 Å². The van der Waals surface area contributed by atoms with Gasteiger partial charge in [-0.2, -0.15) is 0 Å². The topological polar surface area (TPSA) is 79.9 Å². The van der Waals surface area contributed by atoms with Crippen LogP contribution in [-0.4, -0.2) is 30.8 Å². The zero-order chi connectivity index (χ0) is 12.5. The predicted octanol–water partition coefficient (Wildman–Crippen LogP) is 0.907. The molecule has 0 aliphatic rings. The number of amidine groups is 1. The molecule has 0 unspecified atom stereocenters. The highest BCUT2D eigenvalue weighted by molar-refractivity contribution is 5.98. The molecular formula is C12H19N3O2. The van der Waals surface area contributed by atoms with Crippen molar-refractivity contribution in [2.45, 2.75) is 13.5 Å². The summed E-state index contributed by atoms with van der Waals surface area (Å²) in [6, 6.07) is 7.56. The molecule has 4 N–H and O–H groups in total. The normalized spacial score (nSPS) is 11.7. The number of hydrogen-bond acceptors (Lipinski definition) is 4. The SMILES string of the molecule is CCOCCNCc1ccccc1/C(N)=N/O. The van der Waals surface area contributed by atoms with Gasteiger partial charge in [-0.15, -0.1) is 0 Å². The van der Waals surface area contributed by atoms with E-state index in [0.717, 1.165) is 24.3 Å². The lowest BCUT2D eigenvalue weighted by Gasteiger charge is -2.09. The Morgan fingerprint density at radius 3 is 2.94 bits per heavy atom. The third kappa shape index (κ3) is 4.42. The molecule has 0 atom stereocenters. The van der Waals surface area contributed by atoms with Gasteiger partial charge in [0.25, 0.3) is 0 Å². The van der Waals surface area contributed by atoms with E-state index in [2.05, 4.69) is 10.5 Å². The van der Waals surface area contributed by atoms with Crippen LogP contribution < -0.4 is 11.1 Å². The van der Waals surface area contributed by atoms with Crippen molar-refractivity contribution in [3.05, 3.63) is 35.4 Å². The van der Waals surface area contributed by atoms with Gasteiger partial charge in [0.15, 0.2) is 5.84 Å². The minimum absolute atomic E-state index is 0.132. The van der Waals surface area contributed by atoms with Crippen LogP contribution in [0.1, 0.15) is 18.1 Å². The molecule has 0 spiro atoms. The van der Waals surface area contributed by atoms with E-state index < -0.39 is 0 Å². The predicted molar refractivity (Wildman–Crippen MR) is 67.2 cm³/mol. The average Bonchev–Trinajstić information content (AvgIpc) is 2.38.